The van der Waals surface area contributed by atoms with Gasteiger partial charge in [0.2, 0.25) is 22.1 Å². The Balaban J connectivity index is 1.21. The van der Waals surface area contributed by atoms with Crippen LogP contribution in [0.1, 0.15) is 31.2 Å². The molecule has 0 saturated carbocycles. The number of nitrogens with zero attached hydrogens (tertiary/aromatic N) is 4. The van der Waals surface area contributed by atoms with Crippen molar-refractivity contribution in [2.45, 2.75) is 38.1 Å². The van der Waals surface area contributed by atoms with Gasteiger partial charge in [0.05, 0.1) is 0 Å². The number of aromatic nitrogens is 3. The van der Waals surface area contributed by atoms with Crippen molar-refractivity contribution in [1.29, 1.82) is 0 Å². The Morgan fingerprint density at radius 1 is 1.20 bits per heavy atom. The molecular formula is C21H24N6O2S. The lowest BCUT2D eigenvalue weighted by Gasteiger charge is -2.22. The summed E-state index contributed by atoms with van der Waals surface area (Å²) in [5.74, 6) is 0.132. The van der Waals surface area contributed by atoms with E-state index >= 15 is 0 Å². The number of carbonyl (C=O) groups is 2. The molecule has 1 atom stereocenters. The largest absolute Gasteiger partial charge is 0.361 e. The number of amides is 2. The summed E-state index contributed by atoms with van der Waals surface area (Å²) in [6.45, 7) is 2.07. The van der Waals surface area contributed by atoms with E-state index in [4.69, 9.17) is 0 Å². The van der Waals surface area contributed by atoms with Crippen LogP contribution >= 0.6 is 11.3 Å². The summed E-state index contributed by atoms with van der Waals surface area (Å²) in [4.78, 5) is 31.8. The zero-order chi connectivity index (χ0) is 20.5. The molecule has 3 aromatic rings. The molecule has 5 rings (SSSR count). The van der Waals surface area contributed by atoms with Crippen molar-refractivity contribution in [1.82, 2.24) is 20.5 Å². The summed E-state index contributed by atoms with van der Waals surface area (Å²) in [6, 6.07) is 7.96. The van der Waals surface area contributed by atoms with Gasteiger partial charge in [-0.15, -0.1) is 10.2 Å². The van der Waals surface area contributed by atoms with E-state index < -0.39 is 0 Å². The molecule has 2 aliphatic heterocycles. The first-order valence-corrected chi connectivity index (χ1v) is 11.3. The Bertz CT molecular complexity index is 1080. The van der Waals surface area contributed by atoms with Crippen LogP contribution in [0.3, 0.4) is 0 Å². The van der Waals surface area contributed by atoms with E-state index in [0.717, 1.165) is 42.9 Å². The molecule has 0 bridgehead atoms. The van der Waals surface area contributed by atoms with Crippen LogP contribution in [0.15, 0.2) is 30.5 Å². The molecule has 0 radical (unpaired) electrons. The van der Waals surface area contributed by atoms with Crippen molar-refractivity contribution in [3.05, 3.63) is 36.0 Å². The van der Waals surface area contributed by atoms with Crippen LogP contribution in [-0.2, 0) is 16.0 Å². The summed E-state index contributed by atoms with van der Waals surface area (Å²) in [6.07, 6.45) is 5.97. The second kappa shape index (κ2) is 8.06. The molecule has 156 valence electrons. The third kappa shape index (κ3) is 3.54. The number of nitrogens with one attached hydrogen (secondary N) is 2. The van der Waals surface area contributed by atoms with Crippen LogP contribution < -0.4 is 15.1 Å². The summed E-state index contributed by atoms with van der Waals surface area (Å²) in [7, 11) is 0. The highest BCUT2D eigenvalue weighted by atomic mass is 32.1. The number of anilines is 2. The lowest BCUT2D eigenvalue weighted by atomic mass is 10.1. The van der Waals surface area contributed by atoms with Gasteiger partial charge in [0.15, 0.2) is 0 Å². The lowest BCUT2D eigenvalue weighted by Crippen LogP contribution is -2.44. The Kier molecular flexibility index (Phi) is 5.12. The Labute approximate surface area is 178 Å². The zero-order valence-electron chi connectivity index (χ0n) is 16.6. The highest BCUT2D eigenvalue weighted by Crippen LogP contribution is 2.33. The number of benzene rings is 1. The number of carbonyl (C=O) groups excluding carboxylic acids is 2. The standard InChI is InChI=1S/C21H24N6O2S/c28-18-8-4-12-27(18)21-25-24-20(30-21)26-11-3-7-17(26)19(29)22-10-9-14-13-23-16-6-2-1-5-15(14)16/h1-2,5-6,13,17,23H,3-4,7-12H2,(H,22,29)/t17-/m0/s1. The predicted octanol–water partition coefficient (Wildman–Crippen LogP) is 2.47. The molecule has 0 unspecified atom stereocenters. The van der Waals surface area contributed by atoms with Crippen molar-refractivity contribution in [3.63, 3.8) is 0 Å². The Morgan fingerprint density at radius 2 is 2.07 bits per heavy atom. The van der Waals surface area contributed by atoms with E-state index in [1.807, 2.05) is 23.2 Å². The van der Waals surface area contributed by atoms with E-state index in [-0.39, 0.29) is 17.9 Å². The average Bonchev–Trinajstić information content (AvgIpc) is 3.54. The van der Waals surface area contributed by atoms with Gasteiger partial charge < -0.3 is 15.2 Å². The SMILES string of the molecule is O=C(NCCc1c[nH]c2ccccc12)[C@@H]1CCCN1c1nnc(N2CCCC2=O)s1. The molecule has 2 N–H and O–H groups in total. The number of fused-ring (bicyclic) bond motifs is 1. The number of hydrogen-bond donors (Lipinski definition) is 2. The van der Waals surface area contributed by atoms with Crippen LogP contribution in [-0.4, -0.2) is 52.7 Å². The maximum atomic E-state index is 12.9. The van der Waals surface area contributed by atoms with Gasteiger partial charge >= 0.3 is 0 Å². The van der Waals surface area contributed by atoms with E-state index in [2.05, 4.69) is 32.6 Å². The van der Waals surface area contributed by atoms with Crippen molar-refractivity contribution >= 4 is 44.3 Å². The molecule has 2 aromatic heterocycles. The maximum absolute atomic E-state index is 12.9. The first kappa shape index (κ1) is 19.0. The zero-order valence-corrected chi connectivity index (χ0v) is 17.5. The van der Waals surface area contributed by atoms with Gasteiger partial charge in [-0.3, -0.25) is 14.5 Å². The third-order valence-electron chi connectivity index (χ3n) is 5.88. The molecule has 2 saturated heterocycles. The monoisotopic (exact) mass is 424 g/mol. The lowest BCUT2D eigenvalue weighted by molar-refractivity contribution is -0.122. The van der Waals surface area contributed by atoms with Crippen LogP contribution in [0.5, 0.6) is 0 Å². The van der Waals surface area contributed by atoms with Crippen LogP contribution in [0.4, 0.5) is 10.3 Å². The summed E-state index contributed by atoms with van der Waals surface area (Å²) in [5, 5.41) is 14.1. The molecule has 0 spiro atoms. The normalized spacial score (nSPS) is 19.2. The second-order valence-corrected chi connectivity index (χ2v) is 8.70. The second-order valence-electron chi connectivity index (χ2n) is 7.77. The van der Waals surface area contributed by atoms with Gasteiger partial charge in [-0.25, -0.2) is 0 Å². The molecule has 1 aromatic carbocycles. The molecule has 2 aliphatic rings. The number of para-hydroxylation sites is 1. The van der Waals surface area contributed by atoms with Crippen molar-refractivity contribution in [2.75, 3.05) is 29.4 Å². The molecule has 8 nitrogen and oxygen atoms in total. The number of rotatable bonds is 6. The number of H-pyrrole nitrogens is 1. The molecular weight excluding hydrogens is 400 g/mol. The van der Waals surface area contributed by atoms with Gasteiger partial charge in [-0.1, -0.05) is 29.5 Å². The van der Waals surface area contributed by atoms with Crippen molar-refractivity contribution in [3.8, 4) is 0 Å². The van der Waals surface area contributed by atoms with E-state index in [1.54, 1.807) is 4.90 Å². The molecule has 2 amide bonds. The van der Waals surface area contributed by atoms with Gasteiger partial charge in [0.1, 0.15) is 6.04 Å². The van der Waals surface area contributed by atoms with Gasteiger partial charge in [-0.2, -0.15) is 0 Å². The fourth-order valence-corrected chi connectivity index (χ4v) is 5.29. The van der Waals surface area contributed by atoms with Gasteiger partial charge in [-0.05, 0) is 37.3 Å². The molecule has 2 fully saturated rings. The quantitative estimate of drug-likeness (QED) is 0.634. The van der Waals surface area contributed by atoms with E-state index in [1.165, 1.54) is 22.3 Å². The highest BCUT2D eigenvalue weighted by molar-refractivity contribution is 7.19. The minimum Gasteiger partial charge on any atom is -0.361 e. The maximum Gasteiger partial charge on any atom is 0.242 e. The van der Waals surface area contributed by atoms with Crippen LogP contribution in [0.25, 0.3) is 10.9 Å². The fourth-order valence-electron chi connectivity index (χ4n) is 4.33. The Morgan fingerprint density at radius 3 is 2.93 bits per heavy atom. The summed E-state index contributed by atoms with van der Waals surface area (Å²) < 4.78 is 0. The minimum atomic E-state index is -0.233. The third-order valence-corrected chi connectivity index (χ3v) is 6.86. The van der Waals surface area contributed by atoms with Crippen molar-refractivity contribution in [2.24, 2.45) is 0 Å². The predicted molar refractivity (Wildman–Crippen MR) is 117 cm³/mol. The number of hydrogen-bond acceptors (Lipinski definition) is 6. The van der Waals surface area contributed by atoms with Crippen LogP contribution in [0, 0.1) is 0 Å². The first-order valence-electron chi connectivity index (χ1n) is 10.4. The summed E-state index contributed by atoms with van der Waals surface area (Å²) >= 11 is 1.40. The van der Waals surface area contributed by atoms with Crippen LogP contribution in [0.2, 0.25) is 0 Å². The minimum absolute atomic E-state index is 0.0290. The molecule has 30 heavy (non-hydrogen) atoms. The van der Waals surface area contributed by atoms with E-state index in [0.29, 0.717) is 24.6 Å². The fraction of sp³-hybridized carbons (Fsp3) is 0.429. The van der Waals surface area contributed by atoms with Crippen molar-refractivity contribution < 1.29 is 9.59 Å². The first-order chi connectivity index (χ1) is 14.7. The van der Waals surface area contributed by atoms with E-state index in [9.17, 15) is 9.59 Å². The average molecular weight is 425 g/mol. The molecule has 0 aliphatic carbocycles. The summed E-state index contributed by atoms with van der Waals surface area (Å²) in [5.41, 5.74) is 2.32. The van der Waals surface area contributed by atoms with Gasteiger partial charge in [0, 0.05) is 43.2 Å². The van der Waals surface area contributed by atoms with Gasteiger partial charge in [0.25, 0.3) is 0 Å². The Hall–Kier alpha value is -2.94. The molecule has 9 heteroatoms. The highest BCUT2D eigenvalue weighted by Gasteiger charge is 2.34. The number of aromatic amines is 1. The smallest absolute Gasteiger partial charge is 0.242 e. The molecule has 4 heterocycles. The topological polar surface area (TPSA) is 94.2 Å².